The Morgan fingerprint density at radius 3 is 2.79 bits per heavy atom. The number of nitro groups is 1. The third-order valence-electron chi connectivity index (χ3n) is 2.60. The Bertz CT molecular complexity index is 479. The van der Waals surface area contributed by atoms with E-state index in [9.17, 15) is 14.9 Å². The van der Waals surface area contributed by atoms with Crippen LogP contribution in [0.1, 0.15) is 23.7 Å². The first kappa shape index (κ1) is 15.6. The number of halogens is 1. The van der Waals surface area contributed by atoms with Crippen molar-refractivity contribution in [2.24, 2.45) is 0 Å². The van der Waals surface area contributed by atoms with Crippen LogP contribution < -0.4 is 5.32 Å². The molecule has 1 unspecified atom stereocenters. The van der Waals surface area contributed by atoms with E-state index in [1.807, 2.05) is 6.92 Å². The number of nitrogens with zero attached hydrogens (tertiary/aromatic N) is 1. The van der Waals surface area contributed by atoms with Gasteiger partial charge in [0, 0.05) is 23.7 Å². The highest BCUT2D eigenvalue weighted by Crippen LogP contribution is 2.22. The standard InChI is InChI=1S/C12H15BrN2O4/c1-3-8(7-19-2)14-12(16)10-6-9(15(17)18)4-5-11(10)13/h4-6,8H,3,7H2,1-2H3,(H,14,16). The molecule has 1 amide bonds. The zero-order valence-electron chi connectivity index (χ0n) is 10.7. The monoisotopic (exact) mass is 330 g/mol. The minimum atomic E-state index is -0.532. The van der Waals surface area contributed by atoms with Crippen LogP contribution in [-0.4, -0.2) is 30.6 Å². The van der Waals surface area contributed by atoms with Gasteiger partial charge >= 0.3 is 0 Å². The van der Waals surface area contributed by atoms with Gasteiger partial charge in [0.05, 0.1) is 23.1 Å². The maximum Gasteiger partial charge on any atom is 0.270 e. The second kappa shape index (κ2) is 7.20. The van der Waals surface area contributed by atoms with Crippen molar-refractivity contribution in [1.82, 2.24) is 5.32 Å². The van der Waals surface area contributed by atoms with Gasteiger partial charge in [0.2, 0.25) is 0 Å². The van der Waals surface area contributed by atoms with Crippen molar-refractivity contribution in [2.75, 3.05) is 13.7 Å². The van der Waals surface area contributed by atoms with Gasteiger partial charge in [-0.15, -0.1) is 0 Å². The molecule has 0 saturated carbocycles. The molecule has 104 valence electrons. The van der Waals surface area contributed by atoms with Gasteiger partial charge in [-0.3, -0.25) is 14.9 Å². The molecule has 0 aliphatic carbocycles. The van der Waals surface area contributed by atoms with Crippen LogP contribution in [0.4, 0.5) is 5.69 Å². The van der Waals surface area contributed by atoms with E-state index in [4.69, 9.17) is 4.74 Å². The highest BCUT2D eigenvalue weighted by Gasteiger charge is 2.18. The van der Waals surface area contributed by atoms with E-state index in [1.54, 1.807) is 7.11 Å². The molecular weight excluding hydrogens is 316 g/mol. The van der Waals surface area contributed by atoms with Gasteiger partial charge in [0.1, 0.15) is 0 Å². The lowest BCUT2D eigenvalue weighted by atomic mass is 10.1. The maximum atomic E-state index is 12.1. The molecule has 0 fully saturated rings. The van der Waals surface area contributed by atoms with Crippen LogP contribution >= 0.6 is 15.9 Å². The van der Waals surface area contributed by atoms with E-state index in [2.05, 4.69) is 21.2 Å². The van der Waals surface area contributed by atoms with Crippen LogP contribution in [0.3, 0.4) is 0 Å². The summed E-state index contributed by atoms with van der Waals surface area (Å²) < 4.78 is 5.51. The number of hydrogen-bond acceptors (Lipinski definition) is 4. The number of rotatable bonds is 6. The number of carbonyl (C=O) groups excluding carboxylic acids is 1. The van der Waals surface area contributed by atoms with Crippen LogP contribution in [0.15, 0.2) is 22.7 Å². The first-order valence-electron chi connectivity index (χ1n) is 5.73. The Morgan fingerprint density at radius 2 is 2.26 bits per heavy atom. The normalized spacial score (nSPS) is 11.9. The lowest BCUT2D eigenvalue weighted by Crippen LogP contribution is -2.37. The largest absolute Gasteiger partial charge is 0.383 e. The number of ether oxygens (including phenoxy) is 1. The Balaban J connectivity index is 2.92. The van der Waals surface area contributed by atoms with Gasteiger partial charge < -0.3 is 10.1 Å². The van der Waals surface area contributed by atoms with E-state index in [1.165, 1.54) is 18.2 Å². The second-order valence-electron chi connectivity index (χ2n) is 3.96. The molecule has 0 heterocycles. The first-order chi connectivity index (χ1) is 8.99. The highest BCUT2D eigenvalue weighted by atomic mass is 79.9. The summed E-state index contributed by atoms with van der Waals surface area (Å²) in [6, 6.07) is 3.96. The van der Waals surface area contributed by atoms with Gasteiger partial charge in [-0.2, -0.15) is 0 Å². The summed E-state index contributed by atoms with van der Waals surface area (Å²) >= 11 is 3.22. The van der Waals surface area contributed by atoms with E-state index in [-0.39, 0.29) is 23.2 Å². The fraction of sp³-hybridized carbons (Fsp3) is 0.417. The first-order valence-corrected chi connectivity index (χ1v) is 6.52. The number of hydrogen-bond donors (Lipinski definition) is 1. The zero-order valence-corrected chi connectivity index (χ0v) is 12.3. The average molecular weight is 331 g/mol. The van der Waals surface area contributed by atoms with Crippen molar-refractivity contribution < 1.29 is 14.5 Å². The van der Waals surface area contributed by atoms with E-state index in [0.717, 1.165) is 0 Å². The number of benzene rings is 1. The molecule has 0 bridgehead atoms. The smallest absolute Gasteiger partial charge is 0.270 e. The predicted octanol–water partition coefficient (Wildman–Crippen LogP) is 2.51. The summed E-state index contributed by atoms with van der Waals surface area (Å²) in [4.78, 5) is 22.2. The van der Waals surface area contributed by atoms with Crippen LogP contribution in [0.2, 0.25) is 0 Å². The molecule has 1 atom stereocenters. The maximum absolute atomic E-state index is 12.1. The Labute approximate surface area is 119 Å². The molecule has 0 aliphatic rings. The van der Waals surface area contributed by atoms with Crippen molar-refractivity contribution >= 4 is 27.5 Å². The molecule has 1 aromatic rings. The molecule has 19 heavy (non-hydrogen) atoms. The molecule has 0 radical (unpaired) electrons. The summed E-state index contributed by atoms with van der Waals surface area (Å²) in [6.45, 7) is 2.32. The predicted molar refractivity (Wildman–Crippen MR) is 74.2 cm³/mol. The third-order valence-corrected chi connectivity index (χ3v) is 3.29. The van der Waals surface area contributed by atoms with Gasteiger partial charge in [0.25, 0.3) is 11.6 Å². The number of methoxy groups -OCH3 is 1. The summed E-state index contributed by atoms with van der Waals surface area (Å²) in [7, 11) is 1.55. The van der Waals surface area contributed by atoms with Crippen molar-refractivity contribution in [3.63, 3.8) is 0 Å². The van der Waals surface area contributed by atoms with E-state index in [0.29, 0.717) is 17.5 Å². The van der Waals surface area contributed by atoms with Crippen LogP contribution in [0.5, 0.6) is 0 Å². The third kappa shape index (κ3) is 4.29. The quantitative estimate of drug-likeness (QED) is 0.641. The molecular formula is C12H15BrN2O4. The SMILES string of the molecule is CCC(COC)NC(=O)c1cc([N+](=O)[O-])ccc1Br. The molecule has 0 aliphatic heterocycles. The lowest BCUT2D eigenvalue weighted by molar-refractivity contribution is -0.384. The molecule has 1 N–H and O–H groups in total. The van der Waals surface area contributed by atoms with Crippen molar-refractivity contribution in [3.8, 4) is 0 Å². The minimum absolute atomic E-state index is 0.117. The second-order valence-corrected chi connectivity index (χ2v) is 4.81. The zero-order chi connectivity index (χ0) is 14.4. The van der Waals surface area contributed by atoms with Crippen molar-refractivity contribution in [3.05, 3.63) is 38.3 Å². The average Bonchev–Trinajstić information content (AvgIpc) is 2.38. The number of amides is 1. The molecule has 1 aromatic carbocycles. The fourth-order valence-corrected chi connectivity index (χ4v) is 1.95. The van der Waals surface area contributed by atoms with Gasteiger partial charge in [0.15, 0.2) is 0 Å². The number of nitrogens with one attached hydrogen (secondary N) is 1. The number of nitro benzene ring substituents is 1. The van der Waals surface area contributed by atoms with Gasteiger partial charge in [-0.05, 0) is 28.4 Å². The summed E-state index contributed by atoms with van der Waals surface area (Å²) in [5.41, 5.74) is 0.122. The molecule has 7 heteroatoms. The Hall–Kier alpha value is -1.47. The summed E-state index contributed by atoms with van der Waals surface area (Å²) in [6.07, 6.45) is 0.714. The Morgan fingerprint density at radius 1 is 1.58 bits per heavy atom. The summed E-state index contributed by atoms with van der Waals surface area (Å²) in [5.74, 6) is -0.362. The minimum Gasteiger partial charge on any atom is -0.383 e. The van der Waals surface area contributed by atoms with Crippen molar-refractivity contribution in [2.45, 2.75) is 19.4 Å². The van der Waals surface area contributed by atoms with Gasteiger partial charge in [-0.1, -0.05) is 6.92 Å². The topological polar surface area (TPSA) is 81.5 Å². The highest BCUT2D eigenvalue weighted by molar-refractivity contribution is 9.10. The number of non-ortho nitro benzene ring substituents is 1. The summed E-state index contributed by atoms with van der Waals surface area (Å²) in [5, 5.41) is 13.5. The molecule has 0 aromatic heterocycles. The molecule has 6 nitrogen and oxygen atoms in total. The molecule has 1 rings (SSSR count). The van der Waals surface area contributed by atoms with Crippen LogP contribution in [0, 0.1) is 10.1 Å². The van der Waals surface area contributed by atoms with E-state index >= 15 is 0 Å². The number of carbonyl (C=O) groups is 1. The van der Waals surface area contributed by atoms with Crippen LogP contribution in [-0.2, 0) is 4.74 Å². The van der Waals surface area contributed by atoms with Crippen molar-refractivity contribution in [1.29, 1.82) is 0 Å². The van der Waals surface area contributed by atoms with E-state index < -0.39 is 4.92 Å². The molecule has 0 saturated heterocycles. The fourth-order valence-electron chi connectivity index (χ4n) is 1.53. The lowest BCUT2D eigenvalue weighted by Gasteiger charge is -2.16. The Kier molecular flexibility index (Phi) is 5.91. The van der Waals surface area contributed by atoms with Gasteiger partial charge in [-0.25, -0.2) is 0 Å². The molecule has 0 spiro atoms. The van der Waals surface area contributed by atoms with Crippen LogP contribution in [0.25, 0.3) is 0 Å².